The number of nitrogens with one attached hydrogen (secondary N) is 1. The van der Waals surface area contributed by atoms with E-state index in [0.717, 1.165) is 4.47 Å². The third kappa shape index (κ3) is 3.70. The quantitative estimate of drug-likeness (QED) is 0.870. The van der Waals surface area contributed by atoms with Crippen LogP contribution in [0.4, 0.5) is 0 Å². The molecule has 1 aliphatic rings. The first kappa shape index (κ1) is 16.9. The Morgan fingerprint density at radius 3 is 2.68 bits per heavy atom. The lowest BCUT2D eigenvalue weighted by molar-refractivity contribution is 0.244. The number of nitrogens with zero attached hydrogens (tertiary/aromatic N) is 1. The monoisotopic (exact) mass is 368 g/mol. The van der Waals surface area contributed by atoms with Gasteiger partial charge in [-0.15, -0.1) is 12.4 Å². The van der Waals surface area contributed by atoms with Crippen molar-refractivity contribution >= 4 is 38.4 Å². The topological polar surface area (TPSA) is 49.4 Å². The maximum absolute atomic E-state index is 12.6. The van der Waals surface area contributed by atoms with Crippen LogP contribution >= 0.6 is 28.3 Å². The van der Waals surface area contributed by atoms with E-state index in [9.17, 15) is 8.42 Å². The van der Waals surface area contributed by atoms with E-state index in [2.05, 4.69) is 21.2 Å². The minimum absolute atomic E-state index is 0. The van der Waals surface area contributed by atoms with Gasteiger partial charge in [-0.05, 0) is 32.0 Å². The first-order valence-electron chi connectivity index (χ1n) is 5.92. The lowest BCUT2D eigenvalue weighted by Gasteiger charge is -2.36. The molecule has 1 N–H and O–H groups in total. The van der Waals surface area contributed by atoms with Gasteiger partial charge in [-0.25, -0.2) is 8.42 Å². The molecule has 1 heterocycles. The van der Waals surface area contributed by atoms with Gasteiger partial charge in [0.2, 0.25) is 10.0 Å². The van der Waals surface area contributed by atoms with Gasteiger partial charge in [0.15, 0.2) is 0 Å². The molecule has 0 spiro atoms. The van der Waals surface area contributed by atoms with Crippen molar-refractivity contribution in [2.75, 3.05) is 13.1 Å². The van der Waals surface area contributed by atoms with Crippen LogP contribution in [0.5, 0.6) is 0 Å². The van der Waals surface area contributed by atoms with E-state index in [1.807, 2.05) is 19.9 Å². The van der Waals surface area contributed by atoms with Gasteiger partial charge in [-0.2, -0.15) is 4.31 Å². The summed E-state index contributed by atoms with van der Waals surface area (Å²) in [4.78, 5) is 0.345. The minimum atomic E-state index is -3.40. The predicted molar refractivity (Wildman–Crippen MR) is 82.2 cm³/mol. The van der Waals surface area contributed by atoms with E-state index < -0.39 is 10.0 Å². The second-order valence-corrected chi connectivity index (χ2v) is 7.50. The smallest absolute Gasteiger partial charge is 0.243 e. The average molecular weight is 370 g/mol. The van der Waals surface area contributed by atoms with Gasteiger partial charge in [-0.1, -0.05) is 22.0 Å². The molecule has 0 saturated carbocycles. The van der Waals surface area contributed by atoms with Crippen molar-refractivity contribution in [2.24, 2.45) is 0 Å². The van der Waals surface area contributed by atoms with Crippen LogP contribution in [-0.4, -0.2) is 37.9 Å². The zero-order chi connectivity index (χ0) is 13.3. The summed E-state index contributed by atoms with van der Waals surface area (Å²) in [6, 6.07) is 7.01. The van der Waals surface area contributed by atoms with Crippen molar-refractivity contribution in [1.82, 2.24) is 9.62 Å². The average Bonchev–Trinajstić information content (AvgIpc) is 2.32. The molecule has 1 aliphatic heterocycles. The Morgan fingerprint density at radius 1 is 1.37 bits per heavy atom. The van der Waals surface area contributed by atoms with Crippen LogP contribution in [0.2, 0.25) is 0 Å². The van der Waals surface area contributed by atoms with Gasteiger partial charge in [-0.3, -0.25) is 0 Å². The number of piperazine rings is 1. The summed E-state index contributed by atoms with van der Waals surface area (Å²) in [6.07, 6.45) is 0. The second-order valence-electron chi connectivity index (χ2n) is 4.69. The van der Waals surface area contributed by atoms with Crippen LogP contribution in [-0.2, 0) is 10.0 Å². The molecule has 0 aromatic heterocycles. The van der Waals surface area contributed by atoms with Crippen LogP contribution in [0.1, 0.15) is 13.8 Å². The predicted octanol–water partition coefficient (Wildman–Crippen LogP) is 2.24. The van der Waals surface area contributed by atoms with Crippen LogP contribution in [0, 0.1) is 0 Å². The van der Waals surface area contributed by atoms with Crippen LogP contribution in [0.25, 0.3) is 0 Å². The number of halogens is 2. The minimum Gasteiger partial charge on any atom is -0.311 e. The third-order valence-electron chi connectivity index (χ3n) is 3.11. The Balaban J connectivity index is 0.00000180. The number of sulfonamides is 1. The van der Waals surface area contributed by atoms with Gasteiger partial charge < -0.3 is 5.32 Å². The molecular weight excluding hydrogens is 352 g/mol. The summed E-state index contributed by atoms with van der Waals surface area (Å²) < 4.78 is 27.5. The van der Waals surface area contributed by atoms with Crippen molar-refractivity contribution in [1.29, 1.82) is 0 Å². The summed E-state index contributed by atoms with van der Waals surface area (Å²) >= 11 is 3.31. The Kier molecular flexibility index (Phi) is 5.82. The molecule has 2 unspecified atom stereocenters. The Morgan fingerprint density at radius 2 is 2.05 bits per heavy atom. The van der Waals surface area contributed by atoms with E-state index in [1.54, 1.807) is 22.5 Å². The Labute approximate surface area is 129 Å². The number of hydrogen-bond donors (Lipinski definition) is 1. The lowest BCUT2D eigenvalue weighted by Crippen LogP contribution is -2.56. The maximum atomic E-state index is 12.6. The highest BCUT2D eigenvalue weighted by molar-refractivity contribution is 9.10. The Bertz CT molecular complexity index is 538. The second kappa shape index (κ2) is 6.54. The molecule has 1 saturated heterocycles. The largest absolute Gasteiger partial charge is 0.311 e. The highest BCUT2D eigenvalue weighted by Gasteiger charge is 2.33. The van der Waals surface area contributed by atoms with Crippen molar-refractivity contribution in [2.45, 2.75) is 30.8 Å². The van der Waals surface area contributed by atoms with Crippen LogP contribution < -0.4 is 5.32 Å². The molecule has 1 aromatic rings. The van der Waals surface area contributed by atoms with Crippen molar-refractivity contribution in [3.8, 4) is 0 Å². The molecule has 7 heteroatoms. The van der Waals surface area contributed by atoms with Crippen LogP contribution in [0.15, 0.2) is 33.6 Å². The van der Waals surface area contributed by atoms with Gasteiger partial charge in [0.1, 0.15) is 0 Å². The summed E-state index contributed by atoms with van der Waals surface area (Å²) in [5, 5.41) is 3.28. The molecule has 0 bridgehead atoms. The van der Waals surface area contributed by atoms with Gasteiger partial charge >= 0.3 is 0 Å². The summed E-state index contributed by atoms with van der Waals surface area (Å²) in [5.41, 5.74) is 0. The van der Waals surface area contributed by atoms with E-state index in [-0.39, 0.29) is 24.5 Å². The van der Waals surface area contributed by atoms with E-state index >= 15 is 0 Å². The summed E-state index contributed by atoms with van der Waals surface area (Å²) in [5.74, 6) is 0. The SMILES string of the molecule is CC1CN(S(=O)(=O)c2cccc(Br)c2)C(C)CN1.Cl. The molecule has 0 amide bonds. The van der Waals surface area contributed by atoms with E-state index in [0.29, 0.717) is 18.0 Å². The fourth-order valence-electron chi connectivity index (χ4n) is 2.09. The summed E-state index contributed by atoms with van der Waals surface area (Å²) in [6.45, 7) is 5.12. The lowest BCUT2D eigenvalue weighted by atomic mass is 10.2. The van der Waals surface area contributed by atoms with Gasteiger partial charge in [0.25, 0.3) is 0 Å². The highest BCUT2D eigenvalue weighted by Crippen LogP contribution is 2.23. The van der Waals surface area contributed by atoms with Crippen LogP contribution in [0.3, 0.4) is 0 Å². The normalized spacial score (nSPS) is 24.8. The molecule has 1 aromatic carbocycles. The van der Waals surface area contributed by atoms with Gasteiger partial charge in [0, 0.05) is 29.6 Å². The molecule has 108 valence electrons. The zero-order valence-electron chi connectivity index (χ0n) is 10.8. The maximum Gasteiger partial charge on any atom is 0.243 e. The molecule has 4 nitrogen and oxygen atoms in total. The number of rotatable bonds is 2. The molecule has 19 heavy (non-hydrogen) atoms. The van der Waals surface area contributed by atoms with E-state index in [4.69, 9.17) is 0 Å². The number of hydrogen-bond acceptors (Lipinski definition) is 3. The zero-order valence-corrected chi connectivity index (χ0v) is 14.1. The summed E-state index contributed by atoms with van der Waals surface area (Å²) in [7, 11) is -3.40. The van der Waals surface area contributed by atoms with Crippen molar-refractivity contribution < 1.29 is 8.42 Å². The molecular formula is C12H18BrClN2O2S. The highest BCUT2D eigenvalue weighted by atomic mass is 79.9. The van der Waals surface area contributed by atoms with Crippen molar-refractivity contribution in [3.05, 3.63) is 28.7 Å². The van der Waals surface area contributed by atoms with E-state index in [1.165, 1.54) is 0 Å². The van der Waals surface area contributed by atoms with Crippen molar-refractivity contribution in [3.63, 3.8) is 0 Å². The standard InChI is InChI=1S/C12H17BrN2O2S.ClH/c1-9-8-15(10(2)7-14-9)18(16,17)12-5-3-4-11(13)6-12;/h3-6,9-10,14H,7-8H2,1-2H3;1H. The Hall–Kier alpha value is -0.140. The molecule has 1 fully saturated rings. The fraction of sp³-hybridized carbons (Fsp3) is 0.500. The molecule has 0 aliphatic carbocycles. The molecule has 2 rings (SSSR count). The van der Waals surface area contributed by atoms with Gasteiger partial charge in [0.05, 0.1) is 4.90 Å². The third-order valence-corrected chi connectivity index (χ3v) is 5.58. The number of benzene rings is 1. The molecule has 2 atom stereocenters. The first-order chi connectivity index (χ1) is 8.41. The fourth-order valence-corrected chi connectivity index (χ4v) is 4.40. The molecule has 0 radical (unpaired) electrons. The first-order valence-corrected chi connectivity index (χ1v) is 8.15.